The number of carbonyl (C=O) groups excluding carboxylic acids is 2. The van der Waals surface area contributed by atoms with Gasteiger partial charge in [-0.3, -0.25) is 0 Å². The third kappa shape index (κ3) is 10.5. The van der Waals surface area contributed by atoms with E-state index in [1.165, 1.54) is 38.5 Å². The van der Waals surface area contributed by atoms with Gasteiger partial charge in [-0.25, -0.2) is 14.4 Å². The number of carbonyl (C=O) groups is 3. The van der Waals surface area contributed by atoms with E-state index in [4.69, 9.17) is 55.0 Å². The summed E-state index contributed by atoms with van der Waals surface area (Å²) < 4.78 is 43.8. The SMILES string of the molecule is COC(=O)c1ccc(-c2noc(-c3cc4c(C)ccc(C)c4o3)n2)c(N)c1.Cc1ccc(C)c2oc(-c3nc(-c4ccc(C(=O)O)cc4Br)no3)cc12.[B]c1cc(C(=O)OC)ccc1-c1noc(-c2cc3c(C)ccc(C)c3o2)n1. The van der Waals surface area contributed by atoms with Crippen LogP contribution in [0.15, 0.2) is 140 Å². The number of rotatable bonds is 9. The maximum Gasteiger partial charge on any atom is 0.337 e. The summed E-state index contributed by atoms with van der Waals surface area (Å²) in [5.41, 5.74) is 18.2. The predicted molar refractivity (Wildman–Crippen MR) is 300 cm³/mol. The Labute approximate surface area is 464 Å². The van der Waals surface area contributed by atoms with Crippen LogP contribution in [0.3, 0.4) is 0 Å². The van der Waals surface area contributed by atoms with Gasteiger partial charge in [-0.2, -0.15) is 15.0 Å². The third-order valence-corrected chi connectivity index (χ3v) is 13.7. The fourth-order valence-corrected chi connectivity index (χ4v) is 9.20. The molecule has 2 radical (unpaired) electrons. The summed E-state index contributed by atoms with van der Waals surface area (Å²) in [6, 6.07) is 32.0. The van der Waals surface area contributed by atoms with Crippen molar-refractivity contribution in [2.75, 3.05) is 20.0 Å². The number of fused-ring (bicyclic) bond motifs is 3. The number of carboxylic acids is 1. The Morgan fingerprint density at radius 2 is 0.850 bits per heavy atom. The van der Waals surface area contributed by atoms with Crippen LogP contribution in [0.25, 0.3) is 102 Å². The molecule has 398 valence electrons. The summed E-state index contributed by atoms with van der Waals surface area (Å²) in [5, 5.41) is 24.0. The zero-order chi connectivity index (χ0) is 56.7. The van der Waals surface area contributed by atoms with Crippen LogP contribution in [-0.4, -0.2) is 75.5 Å². The van der Waals surface area contributed by atoms with Crippen LogP contribution in [0.1, 0.15) is 64.5 Å². The number of halogens is 1. The van der Waals surface area contributed by atoms with Crippen molar-refractivity contribution in [1.82, 2.24) is 30.4 Å². The highest BCUT2D eigenvalue weighted by Gasteiger charge is 2.22. The van der Waals surface area contributed by atoms with Crippen molar-refractivity contribution in [2.24, 2.45) is 0 Å². The second-order valence-corrected chi connectivity index (χ2v) is 19.4. The van der Waals surface area contributed by atoms with Crippen molar-refractivity contribution >= 4 is 85.7 Å². The van der Waals surface area contributed by atoms with Gasteiger partial charge in [-0.15, -0.1) is 0 Å². The number of nitrogens with two attached hydrogens (primary N) is 1. The number of aromatic nitrogens is 6. The van der Waals surface area contributed by atoms with E-state index in [-0.39, 0.29) is 23.2 Å². The summed E-state index contributed by atoms with van der Waals surface area (Å²) in [4.78, 5) is 47.4. The van der Waals surface area contributed by atoms with Crippen molar-refractivity contribution in [3.05, 3.63) is 164 Å². The molecule has 0 aliphatic heterocycles. The number of nitrogens with zero attached hydrogens (tertiary/aromatic N) is 6. The lowest BCUT2D eigenvalue weighted by Crippen LogP contribution is -2.12. The zero-order valence-electron chi connectivity index (χ0n) is 44.0. The molecule has 0 unspecified atom stereocenters. The van der Waals surface area contributed by atoms with Crippen molar-refractivity contribution in [1.29, 1.82) is 0 Å². The Kier molecular flexibility index (Phi) is 14.6. The minimum Gasteiger partial charge on any atom is -0.478 e. The quantitative estimate of drug-likeness (QED) is 0.0772. The molecule has 12 rings (SSSR count). The van der Waals surface area contributed by atoms with E-state index in [0.717, 1.165) is 66.3 Å². The number of methoxy groups -OCH3 is 2. The Hall–Kier alpha value is -9.89. The van der Waals surface area contributed by atoms with E-state index in [1.807, 2.05) is 96.1 Å². The van der Waals surface area contributed by atoms with Crippen LogP contribution in [0.5, 0.6) is 0 Å². The number of anilines is 1. The summed E-state index contributed by atoms with van der Waals surface area (Å²) in [6.45, 7) is 12.0. The molecule has 12 aromatic rings. The topological polar surface area (TPSA) is 272 Å². The van der Waals surface area contributed by atoms with Gasteiger partial charge in [0, 0.05) is 43.0 Å². The van der Waals surface area contributed by atoms with Gasteiger partial charge >= 0.3 is 17.9 Å². The number of benzene rings is 6. The molecule has 0 amide bonds. The fraction of sp³-hybridized carbons (Fsp3) is 0.136. The van der Waals surface area contributed by atoms with E-state index in [2.05, 4.69) is 46.4 Å². The van der Waals surface area contributed by atoms with Crippen LogP contribution in [-0.2, 0) is 9.47 Å². The van der Waals surface area contributed by atoms with Crippen LogP contribution in [0.4, 0.5) is 5.69 Å². The van der Waals surface area contributed by atoms with Gasteiger partial charge in [-0.1, -0.05) is 85.4 Å². The molecule has 0 saturated carbocycles. The minimum atomic E-state index is -1.00. The number of carboxylic acid groups (broad SMARTS) is 1. The van der Waals surface area contributed by atoms with E-state index in [0.29, 0.717) is 78.2 Å². The van der Waals surface area contributed by atoms with Crippen LogP contribution < -0.4 is 11.2 Å². The van der Waals surface area contributed by atoms with Gasteiger partial charge in [-0.05, 0) is 136 Å². The first kappa shape index (κ1) is 53.5. The van der Waals surface area contributed by atoms with Gasteiger partial charge in [0.25, 0.3) is 17.7 Å². The monoisotopic (exact) mass is 1130 g/mol. The van der Waals surface area contributed by atoms with Gasteiger partial charge in [0.15, 0.2) is 17.3 Å². The minimum absolute atomic E-state index is 0.174. The van der Waals surface area contributed by atoms with Crippen molar-refractivity contribution in [2.45, 2.75) is 41.5 Å². The molecule has 0 bridgehead atoms. The average molecular weight is 1130 g/mol. The first-order valence-corrected chi connectivity index (χ1v) is 25.2. The highest BCUT2D eigenvalue weighted by atomic mass is 79.9. The number of esters is 2. The van der Waals surface area contributed by atoms with Gasteiger partial charge in [0.05, 0.1) is 30.9 Å². The molecule has 21 heteroatoms. The Bertz CT molecular complexity index is 4090. The summed E-state index contributed by atoms with van der Waals surface area (Å²) in [7, 11) is 8.67. The Balaban J connectivity index is 0.000000135. The molecule has 0 aliphatic rings. The lowest BCUT2D eigenvalue weighted by atomic mass is 9.88. The first-order valence-electron chi connectivity index (χ1n) is 24.4. The van der Waals surface area contributed by atoms with E-state index in [9.17, 15) is 14.4 Å². The van der Waals surface area contributed by atoms with Gasteiger partial charge < -0.3 is 47.1 Å². The summed E-state index contributed by atoms with van der Waals surface area (Å²) >= 11 is 3.36. The molecule has 0 saturated heterocycles. The van der Waals surface area contributed by atoms with E-state index in [1.54, 1.807) is 30.3 Å². The summed E-state index contributed by atoms with van der Waals surface area (Å²) in [6.07, 6.45) is 0. The predicted octanol–water partition coefficient (Wildman–Crippen LogP) is 12.7. The molecule has 19 nitrogen and oxygen atoms in total. The van der Waals surface area contributed by atoms with E-state index < -0.39 is 17.9 Å². The van der Waals surface area contributed by atoms with Crippen LogP contribution in [0.2, 0.25) is 0 Å². The molecular weight excluding hydrogens is 1090 g/mol. The molecule has 0 fully saturated rings. The fourth-order valence-electron chi connectivity index (χ4n) is 8.64. The lowest BCUT2D eigenvalue weighted by Gasteiger charge is -2.04. The van der Waals surface area contributed by atoms with Gasteiger partial charge in [0.1, 0.15) is 24.6 Å². The smallest absolute Gasteiger partial charge is 0.337 e. The zero-order valence-corrected chi connectivity index (χ0v) is 45.6. The standard InChI is InChI=1S/C20H15BN2O4.C20H17N3O4.C19H13BrN2O4/c2*1-10-4-5-11(2)17-14(10)9-16(26-17)19-22-18(23-27-19)13-7-6-12(8-15(13)21)20(24)25-3;1-9-3-4-10(2)16-13(9)8-15(25-16)18-21-17(22-26-18)12-6-5-11(19(23)24)7-14(12)20/h4-9H,1-3H3;4-9H,21H2,1-3H3;3-8H,1-2H3,(H,23,24). The second-order valence-electron chi connectivity index (χ2n) is 18.5. The normalized spacial score (nSPS) is 11.1. The largest absolute Gasteiger partial charge is 0.478 e. The van der Waals surface area contributed by atoms with Crippen molar-refractivity contribution in [3.63, 3.8) is 0 Å². The number of hydrogen-bond acceptors (Lipinski definition) is 18. The molecule has 6 aromatic heterocycles. The first-order chi connectivity index (χ1) is 38.4. The lowest BCUT2D eigenvalue weighted by molar-refractivity contribution is 0.0592. The highest BCUT2D eigenvalue weighted by molar-refractivity contribution is 9.10. The molecule has 80 heavy (non-hydrogen) atoms. The Morgan fingerprint density at radius 3 is 1.23 bits per heavy atom. The number of furan rings is 3. The third-order valence-electron chi connectivity index (χ3n) is 13.1. The molecule has 0 aliphatic carbocycles. The average Bonchev–Trinajstić information content (AvgIpc) is 4.37. The maximum atomic E-state index is 11.6. The van der Waals surface area contributed by atoms with Crippen molar-refractivity contribution < 1.29 is 55.8 Å². The highest BCUT2D eigenvalue weighted by Crippen LogP contribution is 2.36. The molecule has 6 heterocycles. The van der Waals surface area contributed by atoms with Crippen molar-refractivity contribution in [3.8, 4) is 69.1 Å². The number of ether oxygens (including phenoxy) is 2. The maximum absolute atomic E-state index is 11.6. The molecule has 3 N–H and O–H groups in total. The number of nitrogen functional groups attached to an aromatic ring is 1. The molecule has 0 atom stereocenters. The van der Waals surface area contributed by atoms with E-state index >= 15 is 0 Å². The molecular formula is C59H45BBrN7O12. The summed E-state index contributed by atoms with van der Waals surface area (Å²) in [5.74, 6) is 1.31. The van der Waals surface area contributed by atoms with Crippen LogP contribution >= 0.6 is 15.9 Å². The molecule has 0 spiro atoms. The number of aromatic carboxylic acids is 1. The number of hydrogen-bond donors (Lipinski definition) is 2. The van der Waals surface area contributed by atoms with Crippen LogP contribution in [0, 0.1) is 41.5 Å². The number of aryl methyl sites for hydroxylation is 6. The Morgan fingerprint density at radius 1 is 0.487 bits per heavy atom. The van der Waals surface area contributed by atoms with Gasteiger partial charge in [0.2, 0.25) is 17.5 Å². The molecule has 6 aromatic carbocycles. The second kappa shape index (κ2) is 21.9.